The standard InChI is InChI=1S/C13H17NO/c1-9(2)3-4-10-8-14-13-6-5-11(15)7-12(10)13/h5-9,14-15H,3-4H2,1-2H3. The van der Waals surface area contributed by atoms with Crippen molar-refractivity contribution in [2.75, 3.05) is 0 Å². The third kappa shape index (κ3) is 2.14. The third-order valence-corrected chi connectivity index (χ3v) is 2.74. The number of hydrogen-bond acceptors (Lipinski definition) is 1. The number of benzene rings is 1. The molecule has 0 aliphatic heterocycles. The predicted octanol–water partition coefficient (Wildman–Crippen LogP) is 3.46. The van der Waals surface area contributed by atoms with Crippen molar-refractivity contribution in [3.63, 3.8) is 0 Å². The Hall–Kier alpha value is -1.44. The molecule has 1 aromatic carbocycles. The molecular weight excluding hydrogens is 186 g/mol. The molecule has 0 saturated heterocycles. The second-order valence-corrected chi connectivity index (χ2v) is 4.48. The summed E-state index contributed by atoms with van der Waals surface area (Å²) in [6.45, 7) is 4.46. The normalized spacial score (nSPS) is 11.4. The van der Waals surface area contributed by atoms with E-state index in [1.807, 2.05) is 18.3 Å². The number of hydrogen-bond donors (Lipinski definition) is 2. The molecular formula is C13H17NO. The Morgan fingerprint density at radius 3 is 2.87 bits per heavy atom. The summed E-state index contributed by atoms with van der Waals surface area (Å²) in [5, 5.41) is 10.6. The number of rotatable bonds is 3. The summed E-state index contributed by atoms with van der Waals surface area (Å²) in [6.07, 6.45) is 4.30. The van der Waals surface area contributed by atoms with Crippen LogP contribution in [-0.2, 0) is 6.42 Å². The van der Waals surface area contributed by atoms with Gasteiger partial charge in [0, 0.05) is 17.1 Å². The Balaban J connectivity index is 2.31. The molecule has 0 unspecified atom stereocenters. The number of phenols is 1. The molecule has 0 amide bonds. The maximum absolute atomic E-state index is 9.44. The van der Waals surface area contributed by atoms with Crippen molar-refractivity contribution in [3.8, 4) is 5.75 Å². The number of aromatic amines is 1. The van der Waals surface area contributed by atoms with Gasteiger partial charge >= 0.3 is 0 Å². The van der Waals surface area contributed by atoms with Gasteiger partial charge in [-0.25, -0.2) is 0 Å². The van der Waals surface area contributed by atoms with Crippen LogP contribution in [0.4, 0.5) is 0 Å². The number of phenolic OH excluding ortho intramolecular Hbond substituents is 1. The van der Waals surface area contributed by atoms with Gasteiger partial charge in [0.25, 0.3) is 0 Å². The molecule has 0 atom stereocenters. The first-order chi connectivity index (χ1) is 7.16. The van der Waals surface area contributed by atoms with Crippen LogP contribution in [0.5, 0.6) is 5.75 Å². The van der Waals surface area contributed by atoms with Gasteiger partial charge in [-0.15, -0.1) is 0 Å². The van der Waals surface area contributed by atoms with E-state index in [4.69, 9.17) is 0 Å². The van der Waals surface area contributed by atoms with E-state index >= 15 is 0 Å². The highest BCUT2D eigenvalue weighted by atomic mass is 16.3. The Morgan fingerprint density at radius 1 is 1.33 bits per heavy atom. The van der Waals surface area contributed by atoms with E-state index in [-0.39, 0.29) is 0 Å². The number of nitrogens with one attached hydrogen (secondary N) is 1. The molecule has 0 fully saturated rings. The number of fused-ring (bicyclic) bond motifs is 1. The Bertz CT molecular complexity index is 457. The maximum atomic E-state index is 9.44. The fraction of sp³-hybridized carbons (Fsp3) is 0.385. The van der Waals surface area contributed by atoms with E-state index < -0.39 is 0 Å². The maximum Gasteiger partial charge on any atom is 0.116 e. The van der Waals surface area contributed by atoms with Crippen LogP contribution in [0, 0.1) is 5.92 Å². The molecule has 1 aromatic heterocycles. The van der Waals surface area contributed by atoms with Crippen LogP contribution in [0.2, 0.25) is 0 Å². The highest BCUT2D eigenvalue weighted by molar-refractivity contribution is 5.84. The lowest BCUT2D eigenvalue weighted by atomic mass is 10.0. The zero-order valence-electron chi connectivity index (χ0n) is 9.25. The smallest absolute Gasteiger partial charge is 0.116 e. The Labute approximate surface area is 89.9 Å². The first kappa shape index (κ1) is 10.1. The molecule has 0 aliphatic rings. The van der Waals surface area contributed by atoms with Crippen molar-refractivity contribution >= 4 is 10.9 Å². The van der Waals surface area contributed by atoms with Crippen LogP contribution < -0.4 is 0 Å². The number of aromatic nitrogens is 1. The molecule has 2 rings (SSSR count). The molecule has 2 nitrogen and oxygen atoms in total. The van der Waals surface area contributed by atoms with Gasteiger partial charge in [-0.3, -0.25) is 0 Å². The molecule has 0 bridgehead atoms. The van der Waals surface area contributed by atoms with Crippen LogP contribution in [-0.4, -0.2) is 10.1 Å². The molecule has 80 valence electrons. The van der Waals surface area contributed by atoms with Gasteiger partial charge in [0.05, 0.1) is 0 Å². The van der Waals surface area contributed by atoms with Gasteiger partial charge < -0.3 is 10.1 Å². The lowest BCUT2D eigenvalue weighted by Gasteiger charge is -2.03. The number of H-pyrrole nitrogens is 1. The first-order valence-corrected chi connectivity index (χ1v) is 5.46. The first-order valence-electron chi connectivity index (χ1n) is 5.46. The Morgan fingerprint density at radius 2 is 2.13 bits per heavy atom. The molecule has 15 heavy (non-hydrogen) atoms. The van der Waals surface area contributed by atoms with Crippen molar-refractivity contribution in [3.05, 3.63) is 30.0 Å². The summed E-state index contributed by atoms with van der Waals surface area (Å²) in [4.78, 5) is 3.23. The second-order valence-electron chi connectivity index (χ2n) is 4.48. The van der Waals surface area contributed by atoms with Crippen LogP contribution in [0.1, 0.15) is 25.8 Å². The molecule has 2 aromatic rings. The average molecular weight is 203 g/mol. The number of aryl methyl sites for hydroxylation is 1. The highest BCUT2D eigenvalue weighted by Gasteiger charge is 2.05. The van der Waals surface area contributed by atoms with E-state index in [9.17, 15) is 5.11 Å². The largest absolute Gasteiger partial charge is 0.508 e. The fourth-order valence-corrected chi connectivity index (χ4v) is 1.82. The van der Waals surface area contributed by atoms with Gasteiger partial charge in [0.1, 0.15) is 5.75 Å². The topological polar surface area (TPSA) is 36.0 Å². The van der Waals surface area contributed by atoms with E-state index in [0.29, 0.717) is 11.7 Å². The average Bonchev–Trinajstić information content (AvgIpc) is 2.57. The monoisotopic (exact) mass is 203 g/mol. The molecule has 0 saturated carbocycles. The lowest BCUT2D eigenvalue weighted by molar-refractivity contribution is 0.476. The quantitative estimate of drug-likeness (QED) is 0.787. The van der Waals surface area contributed by atoms with Crippen molar-refractivity contribution in [2.24, 2.45) is 5.92 Å². The van der Waals surface area contributed by atoms with Gasteiger partial charge in [-0.1, -0.05) is 13.8 Å². The second kappa shape index (κ2) is 3.97. The summed E-state index contributed by atoms with van der Waals surface area (Å²) in [6, 6.07) is 5.47. The summed E-state index contributed by atoms with van der Waals surface area (Å²) < 4.78 is 0. The van der Waals surface area contributed by atoms with E-state index in [2.05, 4.69) is 18.8 Å². The summed E-state index contributed by atoms with van der Waals surface area (Å²) in [7, 11) is 0. The highest BCUT2D eigenvalue weighted by Crippen LogP contribution is 2.24. The van der Waals surface area contributed by atoms with Gasteiger partial charge in [-0.2, -0.15) is 0 Å². The van der Waals surface area contributed by atoms with Gasteiger partial charge in [0.2, 0.25) is 0 Å². The summed E-state index contributed by atoms with van der Waals surface area (Å²) >= 11 is 0. The molecule has 2 N–H and O–H groups in total. The van der Waals surface area contributed by atoms with Gasteiger partial charge in [0.15, 0.2) is 0 Å². The minimum atomic E-state index is 0.341. The number of aromatic hydroxyl groups is 1. The Kier molecular flexibility index (Phi) is 2.67. The van der Waals surface area contributed by atoms with E-state index in [1.165, 1.54) is 12.0 Å². The van der Waals surface area contributed by atoms with Crippen molar-refractivity contribution in [1.29, 1.82) is 0 Å². The molecule has 0 spiro atoms. The SMILES string of the molecule is CC(C)CCc1c[nH]c2ccc(O)cc12. The summed E-state index contributed by atoms with van der Waals surface area (Å²) in [5.74, 6) is 1.06. The van der Waals surface area contributed by atoms with Crippen molar-refractivity contribution < 1.29 is 5.11 Å². The molecule has 1 heterocycles. The minimum absolute atomic E-state index is 0.341. The molecule has 0 aliphatic carbocycles. The third-order valence-electron chi connectivity index (χ3n) is 2.74. The predicted molar refractivity (Wildman–Crippen MR) is 63.1 cm³/mol. The van der Waals surface area contributed by atoms with Crippen LogP contribution in [0.15, 0.2) is 24.4 Å². The van der Waals surface area contributed by atoms with Gasteiger partial charge in [-0.05, 0) is 42.5 Å². The van der Waals surface area contributed by atoms with Crippen molar-refractivity contribution in [1.82, 2.24) is 4.98 Å². The van der Waals surface area contributed by atoms with Crippen LogP contribution in [0.3, 0.4) is 0 Å². The summed E-state index contributed by atoms with van der Waals surface area (Å²) in [5.41, 5.74) is 2.40. The van der Waals surface area contributed by atoms with E-state index in [0.717, 1.165) is 17.3 Å². The lowest BCUT2D eigenvalue weighted by Crippen LogP contribution is -1.90. The van der Waals surface area contributed by atoms with Crippen LogP contribution >= 0.6 is 0 Å². The molecule has 2 heteroatoms. The zero-order valence-corrected chi connectivity index (χ0v) is 9.25. The fourth-order valence-electron chi connectivity index (χ4n) is 1.82. The van der Waals surface area contributed by atoms with E-state index in [1.54, 1.807) is 6.07 Å². The minimum Gasteiger partial charge on any atom is -0.508 e. The van der Waals surface area contributed by atoms with Crippen LogP contribution in [0.25, 0.3) is 10.9 Å². The van der Waals surface area contributed by atoms with Crippen molar-refractivity contribution in [2.45, 2.75) is 26.7 Å². The zero-order chi connectivity index (χ0) is 10.8. The molecule has 0 radical (unpaired) electrons.